The van der Waals surface area contributed by atoms with Gasteiger partial charge in [0.1, 0.15) is 17.1 Å². The zero-order valence-electron chi connectivity index (χ0n) is 19.8. The number of halogens is 2. The molecule has 7 heteroatoms. The lowest BCUT2D eigenvalue weighted by Crippen LogP contribution is -2.16. The number of benzene rings is 2. The summed E-state index contributed by atoms with van der Waals surface area (Å²) in [6, 6.07) is 8.10. The molecule has 0 radical (unpaired) electrons. The van der Waals surface area contributed by atoms with Gasteiger partial charge in [0.25, 0.3) is 0 Å². The molecule has 0 heterocycles. The molecule has 1 saturated carbocycles. The molecule has 3 rings (SSSR count). The van der Waals surface area contributed by atoms with E-state index >= 15 is 4.39 Å². The van der Waals surface area contributed by atoms with Gasteiger partial charge in [-0.3, -0.25) is 9.69 Å². The summed E-state index contributed by atoms with van der Waals surface area (Å²) in [6.45, 7) is 5.66. The van der Waals surface area contributed by atoms with Crippen molar-refractivity contribution in [1.29, 1.82) is 0 Å². The summed E-state index contributed by atoms with van der Waals surface area (Å²) in [5.41, 5.74) is 2.81. The van der Waals surface area contributed by atoms with Gasteiger partial charge in [-0.15, -0.1) is 0 Å². The van der Waals surface area contributed by atoms with E-state index in [1.54, 1.807) is 19.1 Å². The summed E-state index contributed by atoms with van der Waals surface area (Å²) in [5.74, 6) is -1.90. The van der Waals surface area contributed by atoms with Gasteiger partial charge in [0.05, 0.1) is 11.4 Å². The van der Waals surface area contributed by atoms with Gasteiger partial charge < -0.3 is 10.2 Å². The zero-order chi connectivity index (χ0) is 25.7. The molecule has 2 aromatic carbocycles. The molecule has 35 heavy (non-hydrogen) atoms. The highest BCUT2D eigenvalue weighted by molar-refractivity contribution is 6.32. The lowest BCUT2D eigenvalue weighted by molar-refractivity contribution is -0.106. The van der Waals surface area contributed by atoms with E-state index in [1.165, 1.54) is 24.3 Å². The summed E-state index contributed by atoms with van der Waals surface area (Å²) >= 11 is 6.62. The van der Waals surface area contributed by atoms with Crippen LogP contribution in [0.15, 0.2) is 76.9 Å². The first-order chi connectivity index (χ1) is 16.7. The summed E-state index contributed by atoms with van der Waals surface area (Å²) in [7, 11) is 0. The molecule has 0 atom stereocenters. The van der Waals surface area contributed by atoms with E-state index in [9.17, 15) is 14.7 Å². The van der Waals surface area contributed by atoms with Gasteiger partial charge in [-0.05, 0) is 87.1 Å². The maximum absolute atomic E-state index is 15.2. The average Bonchev–Trinajstić information content (AvgIpc) is 3.66. The second-order valence-corrected chi connectivity index (χ2v) is 8.76. The normalized spacial score (nSPS) is 15.2. The molecule has 5 nitrogen and oxygen atoms in total. The van der Waals surface area contributed by atoms with Crippen LogP contribution in [0.1, 0.15) is 49.5 Å². The van der Waals surface area contributed by atoms with Crippen molar-refractivity contribution in [2.45, 2.75) is 33.6 Å². The number of carboxylic acid groups (broad SMARTS) is 1. The Balaban J connectivity index is 2.15. The lowest BCUT2D eigenvalue weighted by atomic mass is 9.97. The summed E-state index contributed by atoms with van der Waals surface area (Å²) in [6.07, 6.45) is 9.97. The fraction of sp³-hybridized carbons (Fsp3) is 0.214. The van der Waals surface area contributed by atoms with Crippen molar-refractivity contribution in [2.24, 2.45) is 5.92 Å². The zero-order valence-corrected chi connectivity index (χ0v) is 20.5. The van der Waals surface area contributed by atoms with E-state index in [4.69, 9.17) is 16.7 Å². The second-order valence-electron chi connectivity index (χ2n) is 8.35. The number of allylic oxidation sites excluding steroid dienone is 8. The number of aromatic hydroxyl groups is 1. The second kappa shape index (κ2) is 11.2. The van der Waals surface area contributed by atoms with Gasteiger partial charge in [0.15, 0.2) is 0 Å². The molecular formula is C28H27ClFNO4. The van der Waals surface area contributed by atoms with Crippen LogP contribution in [0.5, 0.6) is 5.75 Å². The number of carbonyl (C=O) groups excluding carboxylic acids is 1. The number of amides is 1. The van der Waals surface area contributed by atoms with E-state index in [2.05, 4.69) is 0 Å². The number of rotatable bonds is 9. The van der Waals surface area contributed by atoms with Crippen LogP contribution in [0.2, 0.25) is 0 Å². The molecule has 0 bridgehead atoms. The first-order valence-electron chi connectivity index (χ1n) is 11.2. The largest absolute Gasteiger partial charge is 0.507 e. The number of anilines is 2. The predicted molar refractivity (Wildman–Crippen MR) is 137 cm³/mol. The van der Waals surface area contributed by atoms with E-state index in [1.807, 2.05) is 32.1 Å². The summed E-state index contributed by atoms with van der Waals surface area (Å²) in [4.78, 5) is 24.5. The monoisotopic (exact) mass is 495 g/mol. The molecule has 0 spiro atoms. The molecule has 0 aliphatic heterocycles. The average molecular weight is 496 g/mol. The third-order valence-electron chi connectivity index (χ3n) is 5.91. The molecule has 0 unspecified atom stereocenters. The van der Waals surface area contributed by atoms with Gasteiger partial charge >= 0.3 is 5.97 Å². The van der Waals surface area contributed by atoms with E-state index in [0.29, 0.717) is 22.9 Å². The molecule has 182 valence electrons. The quantitative estimate of drug-likeness (QED) is 0.281. The minimum atomic E-state index is -1.30. The number of nitrogens with zero attached hydrogens (tertiary/aromatic N) is 1. The van der Waals surface area contributed by atoms with E-state index in [-0.39, 0.29) is 22.5 Å². The maximum Gasteiger partial charge on any atom is 0.339 e. The van der Waals surface area contributed by atoms with E-state index < -0.39 is 17.5 Å². The molecule has 0 saturated heterocycles. The number of carbonyl (C=O) groups is 2. The van der Waals surface area contributed by atoms with Crippen molar-refractivity contribution >= 4 is 40.9 Å². The number of hydrogen-bond acceptors (Lipinski definition) is 3. The Morgan fingerprint density at radius 2 is 1.91 bits per heavy atom. The van der Waals surface area contributed by atoms with Gasteiger partial charge in [0.2, 0.25) is 6.41 Å². The van der Waals surface area contributed by atoms with Gasteiger partial charge in [-0.25, -0.2) is 9.18 Å². The van der Waals surface area contributed by atoms with Crippen LogP contribution < -0.4 is 4.90 Å². The SMILES string of the molecule is C\C=C/C=C(Cl)\C(\C=C(/C)c1c(F)cccc1N(C=O)c1ccc(C(=O)O)c(O)c1)=C(/C)C1CC1. The minimum Gasteiger partial charge on any atom is -0.507 e. The number of hydrogen-bond donors (Lipinski definition) is 2. The van der Waals surface area contributed by atoms with Gasteiger partial charge in [-0.1, -0.05) is 35.4 Å². The highest BCUT2D eigenvalue weighted by atomic mass is 35.5. The first-order valence-corrected chi connectivity index (χ1v) is 11.5. The number of aromatic carboxylic acids is 1. The standard InChI is InChI=1S/C28H27ClFNO4/c1-4-5-7-23(29)22(18(3)19-10-11-19)14-17(2)27-24(30)8-6-9-25(27)31(16-32)20-12-13-21(28(34)35)26(33)15-20/h4-9,12-16,19,33H,10-11H2,1-3H3,(H,34,35)/b5-4-,17-14+,22-18+,23-7+. The van der Waals surface area contributed by atoms with Crippen molar-refractivity contribution in [3.8, 4) is 5.75 Å². The summed E-state index contributed by atoms with van der Waals surface area (Å²) in [5, 5.41) is 19.8. The third-order valence-corrected chi connectivity index (χ3v) is 6.24. The Morgan fingerprint density at radius 3 is 2.49 bits per heavy atom. The molecule has 2 aromatic rings. The topological polar surface area (TPSA) is 77.8 Å². The van der Waals surface area contributed by atoms with Crippen molar-refractivity contribution in [3.63, 3.8) is 0 Å². The van der Waals surface area contributed by atoms with Crippen molar-refractivity contribution in [2.75, 3.05) is 4.90 Å². The molecule has 1 amide bonds. The Hall–Kier alpha value is -3.64. The fourth-order valence-electron chi connectivity index (χ4n) is 3.88. The van der Waals surface area contributed by atoms with Crippen molar-refractivity contribution in [3.05, 3.63) is 93.8 Å². The van der Waals surface area contributed by atoms with Crippen molar-refractivity contribution in [1.82, 2.24) is 0 Å². The van der Waals surface area contributed by atoms with Crippen molar-refractivity contribution < 1.29 is 24.2 Å². The molecule has 2 N–H and O–H groups in total. The highest BCUT2D eigenvalue weighted by Crippen LogP contribution is 2.42. The molecule has 1 fully saturated rings. The van der Waals surface area contributed by atoms with Crippen LogP contribution >= 0.6 is 11.6 Å². The Bertz CT molecular complexity index is 1270. The van der Waals surface area contributed by atoms with Gasteiger partial charge in [-0.2, -0.15) is 0 Å². The van der Waals surface area contributed by atoms with Crippen LogP contribution in [0.25, 0.3) is 5.57 Å². The Labute approximate surface area is 209 Å². The lowest BCUT2D eigenvalue weighted by Gasteiger charge is -2.22. The maximum atomic E-state index is 15.2. The predicted octanol–water partition coefficient (Wildman–Crippen LogP) is 7.35. The van der Waals surface area contributed by atoms with Crippen LogP contribution in [-0.2, 0) is 4.79 Å². The van der Waals surface area contributed by atoms with Crippen LogP contribution in [0.3, 0.4) is 0 Å². The number of phenols is 1. The first kappa shape index (κ1) is 26.0. The Morgan fingerprint density at radius 1 is 1.20 bits per heavy atom. The highest BCUT2D eigenvalue weighted by Gasteiger charge is 2.26. The Kier molecular flexibility index (Phi) is 8.30. The van der Waals surface area contributed by atoms with E-state index in [0.717, 1.165) is 35.0 Å². The summed E-state index contributed by atoms with van der Waals surface area (Å²) < 4.78 is 15.2. The molecule has 1 aliphatic rings. The van der Waals surface area contributed by atoms with Crippen LogP contribution in [0.4, 0.5) is 15.8 Å². The minimum absolute atomic E-state index is 0.193. The van der Waals surface area contributed by atoms with Crippen LogP contribution in [0, 0.1) is 11.7 Å². The fourth-order valence-corrected chi connectivity index (χ4v) is 4.15. The molecular weight excluding hydrogens is 469 g/mol. The number of carboxylic acids is 1. The smallest absolute Gasteiger partial charge is 0.339 e. The third kappa shape index (κ3) is 5.89. The van der Waals surface area contributed by atoms with Crippen LogP contribution in [-0.4, -0.2) is 22.6 Å². The molecule has 0 aromatic heterocycles. The van der Waals surface area contributed by atoms with Gasteiger partial charge in [0, 0.05) is 16.7 Å². The molecule has 1 aliphatic carbocycles.